The zero-order chi connectivity index (χ0) is 23.5. The molecule has 180 valence electrons. The average Bonchev–Trinajstić information content (AvgIpc) is 2.79. The molecule has 0 heterocycles. The van der Waals surface area contributed by atoms with Gasteiger partial charge in [0.2, 0.25) is 0 Å². The van der Waals surface area contributed by atoms with E-state index in [1.54, 1.807) is 0 Å². The molecule has 2 aliphatic carbocycles. The van der Waals surface area contributed by atoms with Crippen molar-refractivity contribution in [2.24, 2.45) is 17.8 Å². The maximum atomic E-state index is 14.9. The summed E-state index contributed by atoms with van der Waals surface area (Å²) in [6.45, 7) is 2.23. The van der Waals surface area contributed by atoms with Crippen LogP contribution in [0.3, 0.4) is 0 Å². The van der Waals surface area contributed by atoms with Crippen molar-refractivity contribution in [3.63, 3.8) is 0 Å². The van der Waals surface area contributed by atoms with Gasteiger partial charge in [-0.15, -0.1) is 0 Å². The van der Waals surface area contributed by atoms with E-state index in [1.165, 1.54) is 63.5 Å². The zero-order valence-corrected chi connectivity index (χ0v) is 19.3. The highest BCUT2D eigenvalue weighted by Gasteiger charge is 2.36. The Labute approximate surface area is 193 Å². The second kappa shape index (κ2) is 10.6. The number of halogens is 5. The smallest absolute Gasteiger partial charge is 0.194 e. The van der Waals surface area contributed by atoms with Gasteiger partial charge >= 0.3 is 0 Å². The van der Waals surface area contributed by atoms with Crippen LogP contribution in [0.5, 0.6) is 0 Å². The zero-order valence-electron chi connectivity index (χ0n) is 19.3. The normalized spacial score (nSPS) is 25.2. The van der Waals surface area contributed by atoms with E-state index >= 15 is 0 Å². The van der Waals surface area contributed by atoms with Gasteiger partial charge in [0.05, 0.1) is 5.56 Å². The molecule has 0 aromatic heterocycles. The van der Waals surface area contributed by atoms with Crippen LogP contribution in [-0.4, -0.2) is 0 Å². The molecule has 0 nitrogen and oxygen atoms in total. The van der Waals surface area contributed by atoms with Crippen molar-refractivity contribution >= 4 is 0 Å². The van der Waals surface area contributed by atoms with E-state index in [4.69, 9.17) is 0 Å². The third-order valence-corrected chi connectivity index (χ3v) is 8.00. The Morgan fingerprint density at radius 1 is 0.697 bits per heavy atom. The minimum Gasteiger partial charge on any atom is -0.206 e. The second-order valence-electron chi connectivity index (χ2n) is 10.2. The molecule has 2 fully saturated rings. The Balaban J connectivity index is 1.43. The van der Waals surface area contributed by atoms with E-state index < -0.39 is 34.6 Å². The van der Waals surface area contributed by atoms with E-state index in [9.17, 15) is 22.0 Å². The van der Waals surface area contributed by atoms with Crippen molar-refractivity contribution in [2.75, 3.05) is 0 Å². The third kappa shape index (κ3) is 5.44. The standard InChI is InChI=1S/C28H33F5/c1-2-3-4-5-6-17-7-8-19-12-20(10-9-18(19)11-17)21-13-23(29)27(24(30)14-21)22-15-25(31)28(33)26(32)16-22/h13-20H,2-12H2,1H3/t17?,18-,19-,20-/m1/s1. The fourth-order valence-corrected chi connectivity index (χ4v) is 6.22. The Kier molecular flexibility index (Phi) is 7.76. The summed E-state index contributed by atoms with van der Waals surface area (Å²) in [5.74, 6) is -4.09. The van der Waals surface area contributed by atoms with Gasteiger partial charge in [0.25, 0.3) is 0 Å². The Hall–Kier alpha value is -1.91. The first-order valence-corrected chi connectivity index (χ1v) is 12.5. The highest BCUT2D eigenvalue weighted by Crippen LogP contribution is 2.49. The summed E-state index contributed by atoms with van der Waals surface area (Å²) in [5, 5.41) is 0. The summed E-state index contributed by atoms with van der Waals surface area (Å²) in [4.78, 5) is 0. The van der Waals surface area contributed by atoms with Crippen LogP contribution in [-0.2, 0) is 0 Å². The molecule has 1 unspecified atom stereocenters. The molecule has 2 aromatic rings. The molecular weight excluding hydrogens is 431 g/mol. The van der Waals surface area contributed by atoms with Crippen LogP contribution in [0.15, 0.2) is 24.3 Å². The summed E-state index contributed by atoms with van der Waals surface area (Å²) in [6, 6.07) is 3.85. The van der Waals surface area contributed by atoms with Crippen molar-refractivity contribution in [3.8, 4) is 11.1 Å². The summed E-state index contributed by atoms with van der Waals surface area (Å²) in [7, 11) is 0. The highest BCUT2D eigenvalue weighted by molar-refractivity contribution is 5.65. The number of unbranched alkanes of at least 4 members (excludes halogenated alkanes) is 3. The predicted octanol–water partition coefficient (Wildman–Crippen LogP) is 9.32. The number of hydrogen-bond acceptors (Lipinski definition) is 0. The van der Waals surface area contributed by atoms with Crippen molar-refractivity contribution in [1.29, 1.82) is 0 Å². The first-order chi connectivity index (χ1) is 15.9. The lowest BCUT2D eigenvalue weighted by molar-refractivity contribution is 0.113. The molecule has 2 saturated carbocycles. The number of fused-ring (bicyclic) bond motifs is 1. The quantitative estimate of drug-likeness (QED) is 0.218. The monoisotopic (exact) mass is 464 g/mol. The molecule has 4 atom stereocenters. The molecule has 0 spiro atoms. The molecule has 2 aromatic carbocycles. The van der Waals surface area contributed by atoms with E-state index in [0.29, 0.717) is 29.5 Å². The Morgan fingerprint density at radius 2 is 1.33 bits per heavy atom. The fourth-order valence-electron chi connectivity index (χ4n) is 6.22. The van der Waals surface area contributed by atoms with E-state index in [1.807, 2.05) is 0 Å². The fraction of sp³-hybridized carbons (Fsp3) is 0.571. The van der Waals surface area contributed by atoms with Gasteiger partial charge in [-0.1, -0.05) is 45.4 Å². The van der Waals surface area contributed by atoms with Crippen molar-refractivity contribution in [1.82, 2.24) is 0 Å². The second-order valence-corrected chi connectivity index (χ2v) is 10.2. The van der Waals surface area contributed by atoms with Crippen molar-refractivity contribution in [2.45, 2.75) is 83.5 Å². The molecule has 33 heavy (non-hydrogen) atoms. The highest BCUT2D eigenvalue weighted by atomic mass is 19.2. The Bertz CT molecular complexity index is 923. The van der Waals surface area contributed by atoms with Gasteiger partial charge in [0.15, 0.2) is 17.5 Å². The van der Waals surface area contributed by atoms with Gasteiger partial charge < -0.3 is 0 Å². The number of hydrogen-bond donors (Lipinski definition) is 0. The van der Waals surface area contributed by atoms with Gasteiger partial charge in [0.1, 0.15) is 11.6 Å². The largest absolute Gasteiger partial charge is 0.206 e. The molecule has 2 aliphatic rings. The molecule has 0 saturated heterocycles. The van der Waals surface area contributed by atoms with Crippen LogP contribution < -0.4 is 0 Å². The summed E-state index contributed by atoms with van der Waals surface area (Å²) < 4.78 is 70.2. The lowest BCUT2D eigenvalue weighted by atomic mass is 9.63. The minimum atomic E-state index is -1.65. The average molecular weight is 465 g/mol. The lowest BCUT2D eigenvalue weighted by Crippen LogP contribution is -2.30. The van der Waals surface area contributed by atoms with E-state index in [0.717, 1.165) is 25.2 Å². The summed E-state index contributed by atoms with van der Waals surface area (Å²) in [6.07, 6.45) is 13.2. The molecule has 4 rings (SSSR count). The SMILES string of the molecule is CCCCCCC1CC[C@@H]2C[C@H](c3cc(F)c(-c4cc(F)c(F)c(F)c4)c(F)c3)CC[C@@H]2C1. The third-order valence-electron chi connectivity index (χ3n) is 8.00. The molecular formula is C28H33F5. The van der Waals surface area contributed by atoms with Crippen LogP contribution in [0, 0.1) is 46.8 Å². The number of benzene rings is 2. The van der Waals surface area contributed by atoms with Crippen molar-refractivity contribution < 1.29 is 22.0 Å². The van der Waals surface area contributed by atoms with Gasteiger partial charge in [-0.2, -0.15) is 0 Å². The first-order valence-electron chi connectivity index (χ1n) is 12.5. The van der Waals surface area contributed by atoms with E-state index in [-0.39, 0.29) is 11.5 Å². The van der Waals surface area contributed by atoms with Gasteiger partial charge in [-0.05, 0) is 91.2 Å². The van der Waals surface area contributed by atoms with Crippen LogP contribution in [0.4, 0.5) is 22.0 Å². The molecule has 0 N–H and O–H groups in total. The predicted molar refractivity (Wildman–Crippen MR) is 121 cm³/mol. The molecule has 0 amide bonds. The molecule has 0 aliphatic heterocycles. The minimum absolute atomic E-state index is 0.0899. The van der Waals surface area contributed by atoms with Crippen LogP contribution in [0.25, 0.3) is 11.1 Å². The summed E-state index contributed by atoms with van der Waals surface area (Å²) in [5.41, 5.74) is -0.250. The van der Waals surface area contributed by atoms with Crippen molar-refractivity contribution in [3.05, 3.63) is 58.9 Å². The lowest BCUT2D eigenvalue weighted by Gasteiger charge is -2.42. The van der Waals surface area contributed by atoms with E-state index in [2.05, 4.69) is 6.92 Å². The van der Waals surface area contributed by atoms with Crippen LogP contribution in [0.1, 0.15) is 89.0 Å². The van der Waals surface area contributed by atoms with Crippen LogP contribution >= 0.6 is 0 Å². The summed E-state index contributed by atoms with van der Waals surface area (Å²) >= 11 is 0. The topological polar surface area (TPSA) is 0 Å². The van der Waals surface area contributed by atoms with Crippen LogP contribution in [0.2, 0.25) is 0 Å². The maximum absolute atomic E-state index is 14.9. The Morgan fingerprint density at radius 3 is 2.00 bits per heavy atom. The molecule has 5 heteroatoms. The first kappa shape index (κ1) is 24.2. The molecule has 0 radical (unpaired) electrons. The number of rotatable bonds is 7. The van der Waals surface area contributed by atoms with Gasteiger partial charge in [-0.3, -0.25) is 0 Å². The maximum Gasteiger partial charge on any atom is 0.194 e. The van der Waals surface area contributed by atoms with Gasteiger partial charge in [-0.25, -0.2) is 22.0 Å². The van der Waals surface area contributed by atoms with Gasteiger partial charge in [0, 0.05) is 0 Å². The molecule has 0 bridgehead atoms.